The van der Waals surface area contributed by atoms with E-state index in [9.17, 15) is 9.18 Å². The lowest BCUT2D eigenvalue weighted by molar-refractivity contribution is 0.136. The number of carbonyl (C=O) groups excluding carboxylic acids is 1. The molecule has 0 saturated heterocycles. The highest BCUT2D eigenvalue weighted by Crippen LogP contribution is 2.18. The van der Waals surface area contributed by atoms with Gasteiger partial charge >= 0.3 is 6.09 Å². The van der Waals surface area contributed by atoms with Crippen molar-refractivity contribution in [3.05, 3.63) is 71.0 Å². The fourth-order valence-electron chi connectivity index (χ4n) is 1.97. The quantitative estimate of drug-likeness (QED) is 0.936. The monoisotopic (exact) mass is 298 g/mol. The summed E-state index contributed by atoms with van der Waals surface area (Å²) in [6, 6.07) is 14.7. The van der Waals surface area contributed by atoms with Gasteiger partial charge in [0.2, 0.25) is 0 Å². The van der Waals surface area contributed by atoms with Crippen molar-refractivity contribution in [2.45, 2.75) is 19.6 Å². The lowest BCUT2D eigenvalue weighted by Gasteiger charge is -2.15. The topological polar surface area (TPSA) is 62.1 Å². The van der Waals surface area contributed by atoms with Gasteiger partial charge in [0.05, 0.1) is 17.7 Å². The zero-order valence-electron chi connectivity index (χ0n) is 12.0. The molecule has 0 fully saturated rings. The lowest BCUT2D eigenvalue weighted by atomic mass is 10.1. The predicted molar refractivity (Wildman–Crippen MR) is 79.3 cm³/mol. The van der Waals surface area contributed by atoms with E-state index in [0.29, 0.717) is 5.56 Å². The summed E-state index contributed by atoms with van der Waals surface area (Å²) in [6.07, 6.45) is -0.625. The molecule has 0 radical (unpaired) electrons. The molecule has 2 aromatic rings. The van der Waals surface area contributed by atoms with Crippen molar-refractivity contribution in [3.63, 3.8) is 0 Å². The van der Waals surface area contributed by atoms with Crippen LogP contribution in [0.4, 0.5) is 9.18 Å². The normalized spacial score (nSPS) is 11.3. The number of halogens is 1. The third-order valence-corrected chi connectivity index (χ3v) is 3.14. The van der Waals surface area contributed by atoms with Crippen molar-refractivity contribution >= 4 is 6.09 Å². The van der Waals surface area contributed by atoms with Crippen LogP contribution in [0, 0.1) is 17.1 Å². The standard InChI is InChI=1S/C17H15FN2O2/c1-12(15-8-7-14(10-19)9-16(15)18)20-17(21)22-11-13-5-3-2-4-6-13/h2-9,12H,11H2,1H3,(H,20,21). The highest BCUT2D eigenvalue weighted by Gasteiger charge is 2.14. The van der Waals surface area contributed by atoms with Gasteiger partial charge in [0.1, 0.15) is 12.4 Å². The first kappa shape index (κ1) is 15.5. The summed E-state index contributed by atoms with van der Waals surface area (Å²) in [4.78, 5) is 11.7. The third kappa shape index (κ3) is 4.06. The number of hydrogen-bond donors (Lipinski definition) is 1. The van der Waals surface area contributed by atoms with Gasteiger partial charge in [-0.3, -0.25) is 0 Å². The Kier molecular flexibility index (Phi) is 5.10. The molecule has 1 amide bonds. The number of carbonyl (C=O) groups is 1. The number of ether oxygens (including phenoxy) is 1. The second kappa shape index (κ2) is 7.23. The molecule has 1 N–H and O–H groups in total. The lowest BCUT2D eigenvalue weighted by Crippen LogP contribution is -2.27. The second-order valence-corrected chi connectivity index (χ2v) is 4.78. The van der Waals surface area contributed by atoms with Crippen LogP contribution in [0.25, 0.3) is 0 Å². The molecule has 2 rings (SSSR count). The number of rotatable bonds is 4. The van der Waals surface area contributed by atoms with Gasteiger partial charge in [-0.25, -0.2) is 9.18 Å². The molecule has 22 heavy (non-hydrogen) atoms. The molecule has 4 nitrogen and oxygen atoms in total. The molecular formula is C17H15FN2O2. The first-order chi connectivity index (χ1) is 10.6. The SMILES string of the molecule is CC(NC(=O)OCc1ccccc1)c1ccc(C#N)cc1F. The van der Waals surface area contributed by atoms with Gasteiger partial charge in [0.25, 0.3) is 0 Å². The second-order valence-electron chi connectivity index (χ2n) is 4.78. The number of nitrogens with one attached hydrogen (secondary N) is 1. The minimum Gasteiger partial charge on any atom is -0.445 e. The molecule has 0 aliphatic rings. The van der Waals surface area contributed by atoms with Crippen LogP contribution < -0.4 is 5.32 Å². The number of alkyl carbamates (subject to hydrolysis) is 1. The number of amides is 1. The average molecular weight is 298 g/mol. The van der Waals surface area contributed by atoms with Crippen molar-refractivity contribution < 1.29 is 13.9 Å². The van der Waals surface area contributed by atoms with Gasteiger partial charge in [-0.1, -0.05) is 36.4 Å². The van der Waals surface area contributed by atoms with Crippen LogP contribution in [-0.2, 0) is 11.3 Å². The molecule has 1 atom stereocenters. The first-order valence-electron chi connectivity index (χ1n) is 6.77. The predicted octanol–water partition coefficient (Wildman–Crippen LogP) is 3.68. The van der Waals surface area contributed by atoms with E-state index in [1.807, 2.05) is 36.4 Å². The highest BCUT2D eigenvalue weighted by molar-refractivity contribution is 5.67. The first-order valence-corrected chi connectivity index (χ1v) is 6.77. The van der Waals surface area contributed by atoms with E-state index in [1.54, 1.807) is 6.92 Å². The third-order valence-electron chi connectivity index (χ3n) is 3.14. The summed E-state index contributed by atoms with van der Waals surface area (Å²) in [5.41, 5.74) is 1.41. The molecule has 0 aromatic heterocycles. The van der Waals surface area contributed by atoms with Gasteiger partial charge in [-0.15, -0.1) is 0 Å². The van der Waals surface area contributed by atoms with Crippen LogP contribution in [-0.4, -0.2) is 6.09 Å². The molecule has 0 aliphatic heterocycles. The molecule has 2 aromatic carbocycles. The Morgan fingerprint density at radius 2 is 2.05 bits per heavy atom. The van der Waals surface area contributed by atoms with Crippen molar-refractivity contribution in [1.29, 1.82) is 5.26 Å². The van der Waals surface area contributed by atoms with E-state index < -0.39 is 18.0 Å². The molecule has 112 valence electrons. The van der Waals surface area contributed by atoms with Gasteiger partial charge in [-0.05, 0) is 24.6 Å². The number of benzene rings is 2. The van der Waals surface area contributed by atoms with Crippen LogP contribution in [0.1, 0.15) is 29.7 Å². The molecule has 0 saturated carbocycles. The van der Waals surface area contributed by atoms with Gasteiger partial charge in [-0.2, -0.15) is 5.26 Å². The maximum atomic E-state index is 13.8. The van der Waals surface area contributed by atoms with Crippen LogP contribution >= 0.6 is 0 Å². The van der Waals surface area contributed by atoms with E-state index in [0.717, 1.165) is 11.6 Å². The van der Waals surface area contributed by atoms with Crippen LogP contribution in [0.2, 0.25) is 0 Å². The van der Waals surface area contributed by atoms with E-state index in [-0.39, 0.29) is 12.2 Å². The van der Waals surface area contributed by atoms with E-state index in [4.69, 9.17) is 10.00 Å². The zero-order valence-corrected chi connectivity index (χ0v) is 12.0. The Morgan fingerprint density at radius 3 is 2.68 bits per heavy atom. The minimum atomic E-state index is -0.625. The van der Waals surface area contributed by atoms with Gasteiger partial charge in [0, 0.05) is 5.56 Å². The van der Waals surface area contributed by atoms with Crippen LogP contribution in [0.15, 0.2) is 48.5 Å². The van der Waals surface area contributed by atoms with E-state index in [1.165, 1.54) is 12.1 Å². The summed E-state index contributed by atoms with van der Waals surface area (Å²) in [6.45, 7) is 1.80. The molecule has 1 unspecified atom stereocenters. The molecule has 0 heterocycles. The van der Waals surface area contributed by atoms with E-state index >= 15 is 0 Å². The molecule has 5 heteroatoms. The Labute approximate surface area is 128 Å². The van der Waals surface area contributed by atoms with Crippen molar-refractivity contribution in [1.82, 2.24) is 5.32 Å². The van der Waals surface area contributed by atoms with E-state index in [2.05, 4.69) is 5.32 Å². The van der Waals surface area contributed by atoms with Gasteiger partial charge in [0.15, 0.2) is 0 Å². The average Bonchev–Trinajstić information content (AvgIpc) is 2.53. The Bertz CT molecular complexity index is 696. The Balaban J connectivity index is 1.92. The largest absolute Gasteiger partial charge is 0.445 e. The number of nitriles is 1. The van der Waals surface area contributed by atoms with Crippen molar-refractivity contribution in [3.8, 4) is 6.07 Å². The summed E-state index contributed by atoms with van der Waals surface area (Å²) in [7, 11) is 0. The smallest absolute Gasteiger partial charge is 0.407 e. The summed E-state index contributed by atoms with van der Waals surface area (Å²) < 4.78 is 18.9. The van der Waals surface area contributed by atoms with Crippen LogP contribution in [0.3, 0.4) is 0 Å². The highest BCUT2D eigenvalue weighted by atomic mass is 19.1. The molecule has 0 spiro atoms. The fourth-order valence-corrected chi connectivity index (χ4v) is 1.97. The molecule has 0 bridgehead atoms. The zero-order chi connectivity index (χ0) is 15.9. The Morgan fingerprint density at radius 1 is 1.32 bits per heavy atom. The Hall–Kier alpha value is -2.87. The summed E-state index contributed by atoms with van der Waals surface area (Å²) >= 11 is 0. The fraction of sp³-hybridized carbons (Fsp3) is 0.176. The summed E-state index contributed by atoms with van der Waals surface area (Å²) in [5.74, 6) is -0.532. The molecule has 0 aliphatic carbocycles. The maximum absolute atomic E-state index is 13.8. The molecular weight excluding hydrogens is 283 g/mol. The maximum Gasteiger partial charge on any atom is 0.407 e. The van der Waals surface area contributed by atoms with Crippen molar-refractivity contribution in [2.24, 2.45) is 0 Å². The van der Waals surface area contributed by atoms with Crippen molar-refractivity contribution in [2.75, 3.05) is 0 Å². The number of hydrogen-bond acceptors (Lipinski definition) is 3. The summed E-state index contributed by atoms with van der Waals surface area (Å²) in [5, 5.41) is 11.3. The minimum absolute atomic E-state index is 0.148. The van der Waals surface area contributed by atoms with Crippen LogP contribution in [0.5, 0.6) is 0 Å². The van der Waals surface area contributed by atoms with Gasteiger partial charge < -0.3 is 10.1 Å². The number of nitrogens with zero attached hydrogens (tertiary/aromatic N) is 1.